The number of esters is 1. The number of rotatable bonds is 12. The maximum Gasteiger partial charge on any atom is 0.340 e. The molecule has 0 spiro atoms. The lowest BCUT2D eigenvalue weighted by Crippen LogP contribution is -2.01. The number of methoxy groups -OCH3 is 1. The predicted octanol–water partition coefficient (Wildman–Crippen LogP) is 6.65. The molecule has 25 heavy (non-hydrogen) atoms. The molecule has 1 rings (SSSR count). The highest BCUT2D eigenvalue weighted by molar-refractivity contribution is 5.96. The number of carbonyl (C=O) groups excluding carboxylic acids is 1. The first kappa shape index (κ1) is 21.1. The normalized spacial score (nSPS) is 11.9. The summed E-state index contributed by atoms with van der Waals surface area (Å²) in [7, 11) is 1.40. The van der Waals surface area contributed by atoms with Gasteiger partial charge in [-0.1, -0.05) is 64.2 Å². The van der Waals surface area contributed by atoms with Gasteiger partial charge in [0.25, 0.3) is 0 Å². The van der Waals surface area contributed by atoms with Crippen molar-refractivity contribution in [2.45, 2.75) is 71.6 Å². The Kier molecular flexibility index (Phi) is 11.3. The van der Waals surface area contributed by atoms with E-state index in [9.17, 15) is 4.79 Å². The molecule has 0 saturated carbocycles. The topological polar surface area (TPSA) is 38.7 Å². The molecular formula is C22H33NO2. The first-order valence-electron chi connectivity index (χ1n) is 9.63. The van der Waals surface area contributed by atoms with Gasteiger partial charge >= 0.3 is 5.97 Å². The van der Waals surface area contributed by atoms with Crippen molar-refractivity contribution in [2.24, 2.45) is 4.99 Å². The van der Waals surface area contributed by atoms with Crippen LogP contribution in [-0.2, 0) is 4.74 Å². The number of carbonyl (C=O) groups is 1. The molecule has 0 amide bonds. The van der Waals surface area contributed by atoms with Gasteiger partial charge in [-0.25, -0.2) is 4.79 Å². The van der Waals surface area contributed by atoms with Gasteiger partial charge in [-0.3, -0.25) is 4.99 Å². The van der Waals surface area contributed by atoms with E-state index in [1.165, 1.54) is 57.6 Å². The molecule has 0 aliphatic rings. The summed E-state index contributed by atoms with van der Waals surface area (Å²) in [5, 5.41) is 0. The number of nitrogens with zero attached hydrogens (tertiary/aromatic N) is 1. The van der Waals surface area contributed by atoms with E-state index in [1.807, 2.05) is 24.4 Å². The summed E-state index contributed by atoms with van der Waals surface area (Å²) >= 11 is 0. The van der Waals surface area contributed by atoms with Crippen molar-refractivity contribution in [3.63, 3.8) is 0 Å². The summed E-state index contributed by atoms with van der Waals surface area (Å²) in [6, 6.07) is 7.33. The molecule has 3 nitrogen and oxygen atoms in total. The number of hydrogen-bond donors (Lipinski definition) is 0. The Labute approximate surface area is 153 Å². The lowest BCUT2D eigenvalue weighted by molar-refractivity contribution is 0.0601. The van der Waals surface area contributed by atoms with Crippen LogP contribution in [0, 0.1) is 0 Å². The lowest BCUT2D eigenvalue weighted by atomic mass is 10.1. The van der Waals surface area contributed by atoms with Gasteiger partial charge in [-0.2, -0.15) is 0 Å². The highest BCUT2D eigenvalue weighted by Gasteiger charge is 2.09. The van der Waals surface area contributed by atoms with Crippen molar-refractivity contribution >= 4 is 17.9 Å². The molecule has 0 aliphatic carbocycles. The molecule has 0 bridgehead atoms. The van der Waals surface area contributed by atoms with Crippen LogP contribution >= 0.6 is 0 Å². The summed E-state index contributed by atoms with van der Waals surface area (Å²) in [6.07, 6.45) is 15.1. The van der Waals surface area contributed by atoms with E-state index in [4.69, 9.17) is 4.74 Å². The molecule has 0 atom stereocenters. The Balaban J connectivity index is 2.79. The average molecular weight is 344 g/mol. The van der Waals surface area contributed by atoms with Gasteiger partial charge in [0.15, 0.2) is 0 Å². The SMILES string of the molecule is CCCCCC/C=C(\C=Nc1ccccc1C(=O)OC)CCCCC. The third kappa shape index (κ3) is 8.67. The molecule has 0 saturated heterocycles. The number of benzene rings is 1. The largest absolute Gasteiger partial charge is 0.465 e. The molecule has 0 radical (unpaired) electrons. The van der Waals surface area contributed by atoms with Crippen molar-refractivity contribution < 1.29 is 9.53 Å². The van der Waals surface area contributed by atoms with E-state index in [0.29, 0.717) is 11.3 Å². The molecule has 0 fully saturated rings. The molecule has 0 aromatic heterocycles. The Morgan fingerprint density at radius 3 is 2.48 bits per heavy atom. The molecular weight excluding hydrogens is 310 g/mol. The summed E-state index contributed by atoms with van der Waals surface area (Å²) in [5.74, 6) is -0.344. The number of hydrogen-bond acceptors (Lipinski definition) is 3. The first-order valence-corrected chi connectivity index (χ1v) is 9.63. The number of unbranched alkanes of at least 4 members (excludes halogenated alkanes) is 6. The van der Waals surface area contributed by atoms with Crippen LogP contribution < -0.4 is 0 Å². The van der Waals surface area contributed by atoms with Crippen LogP contribution in [0.15, 0.2) is 40.9 Å². The molecule has 1 aromatic rings. The second-order valence-corrected chi connectivity index (χ2v) is 6.35. The zero-order chi connectivity index (χ0) is 18.3. The van der Waals surface area contributed by atoms with Crippen molar-refractivity contribution in [1.82, 2.24) is 0 Å². The number of ether oxygens (including phenoxy) is 1. The Morgan fingerprint density at radius 1 is 1.04 bits per heavy atom. The molecule has 0 N–H and O–H groups in total. The fourth-order valence-electron chi connectivity index (χ4n) is 2.68. The van der Waals surface area contributed by atoms with Crippen molar-refractivity contribution in [1.29, 1.82) is 0 Å². The fourth-order valence-corrected chi connectivity index (χ4v) is 2.68. The third-order valence-corrected chi connectivity index (χ3v) is 4.21. The number of allylic oxidation sites excluding steroid dienone is 2. The van der Waals surface area contributed by atoms with Gasteiger partial charge in [0, 0.05) is 6.21 Å². The third-order valence-electron chi connectivity index (χ3n) is 4.21. The lowest BCUT2D eigenvalue weighted by Gasteiger charge is -2.05. The minimum atomic E-state index is -0.344. The van der Waals surface area contributed by atoms with Gasteiger partial charge in [-0.15, -0.1) is 0 Å². The summed E-state index contributed by atoms with van der Waals surface area (Å²) in [4.78, 5) is 16.4. The van der Waals surface area contributed by atoms with Gasteiger partial charge in [-0.05, 0) is 43.4 Å². The molecule has 1 aromatic carbocycles. The van der Waals surface area contributed by atoms with Crippen molar-refractivity contribution in [3.05, 3.63) is 41.5 Å². The van der Waals surface area contributed by atoms with Crippen molar-refractivity contribution in [3.8, 4) is 0 Å². The predicted molar refractivity (Wildman–Crippen MR) is 107 cm³/mol. The van der Waals surface area contributed by atoms with E-state index in [1.54, 1.807) is 6.07 Å². The van der Waals surface area contributed by atoms with E-state index >= 15 is 0 Å². The van der Waals surface area contributed by atoms with Crippen LogP contribution in [0.3, 0.4) is 0 Å². The van der Waals surface area contributed by atoms with E-state index in [0.717, 1.165) is 12.8 Å². The Bertz CT molecular complexity index is 561. The second kappa shape index (κ2) is 13.4. The molecule has 0 unspecified atom stereocenters. The summed E-state index contributed by atoms with van der Waals surface area (Å²) < 4.78 is 4.84. The monoisotopic (exact) mass is 343 g/mol. The summed E-state index contributed by atoms with van der Waals surface area (Å²) in [5.41, 5.74) is 2.45. The van der Waals surface area contributed by atoms with Crippen LogP contribution in [0.25, 0.3) is 0 Å². The fraction of sp³-hybridized carbons (Fsp3) is 0.545. The zero-order valence-electron chi connectivity index (χ0n) is 16.1. The Morgan fingerprint density at radius 2 is 1.76 bits per heavy atom. The van der Waals surface area contributed by atoms with E-state index in [2.05, 4.69) is 24.9 Å². The summed E-state index contributed by atoms with van der Waals surface area (Å²) in [6.45, 7) is 4.45. The average Bonchev–Trinajstić information content (AvgIpc) is 2.65. The molecule has 138 valence electrons. The van der Waals surface area contributed by atoms with Gasteiger partial charge < -0.3 is 4.74 Å². The minimum Gasteiger partial charge on any atom is -0.465 e. The molecule has 3 heteroatoms. The maximum atomic E-state index is 11.9. The second-order valence-electron chi connectivity index (χ2n) is 6.35. The molecule has 0 aliphatic heterocycles. The number of aliphatic imine (C=N–C) groups is 1. The highest BCUT2D eigenvalue weighted by atomic mass is 16.5. The standard InChI is InChI=1S/C22H33NO2/c1-4-6-8-9-11-15-19(14-10-7-5-2)18-23-21-17-13-12-16-20(21)22(24)25-3/h12-13,15-18H,4-11,14H2,1-3H3/b19-15-,23-18?. The van der Waals surface area contributed by atoms with Gasteiger partial charge in [0.05, 0.1) is 18.4 Å². The highest BCUT2D eigenvalue weighted by Crippen LogP contribution is 2.20. The maximum absolute atomic E-state index is 11.9. The van der Waals surface area contributed by atoms with Crippen LogP contribution in [-0.4, -0.2) is 19.3 Å². The Hall–Kier alpha value is -1.90. The minimum absolute atomic E-state index is 0.344. The van der Waals surface area contributed by atoms with Crippen LogP contribution in [0.2, 0.25) is 0 Å². The molecule has 0 heterocycles. The van der Waals surface area contributed by atoms with E-state index < -0.39 is 0 Å². The van der Waals surface area contributed by atoms with Crippen LogP contribution in [0.1, 0.15) is 82.0 Å². The first-order chi connectivity index (χ1) is 12.2. The van der Waals surface area contributed by atoms with Gasteiger partial charge in [0.1, 0.15) is 0 Å². The van der Waals surface area contributed by atoms with Crippen LogP contribution in [0.5, 0.6) is 0 Å². The zero-order valence-corrected chi connectivity index (χ0v) is 16.1. The quantitative estimate of drug-likeness (QED) is 0.242. The van der Waals surface area contributed by atoms with Crippen LogP contribution in [0.4, 0.5) is 5.69 Å². The van der Waals surface area contributed by atoms with E-state index in [-0.39, 0.29) is 5.97 Å². The van der Waals surface area contributed by atoms with Crippen molar-refractivity contribution in [2.75, 3.05) is 7.11 Å². The number of para-hydroxylation sites is 1. The van der Waals surface area contributed by atoms with Gasteiger partial charge in [0.2, 0.25) is 0 Å². The smallest absolute Gasteiger partial charge is 0.340 e.